The standard InChI is InChI=1S/C18H17F6N3O5S/c19-17(20,21)9-32-8-11(28)6-27-16(29)15-14(25)5-13(7-26-15)33(30,31)12-3-1-10(2-4-12)18(22,23)24/h1-5,7,11,28H,6,8-9,25H2,(H,27,29)/t11-/m1/s1. The van der Waals surface area contributed by atoms with E-state index in [1.165, 1.54) is 0 Å². The van der Waals surface area contributed by atoms with Gasteiger partial charge in [0.05, 0.1) is 33.8 Å². The fourth-order valence-electron chi connectivity index (χ4n) is 2.42. The highest BCUT2D eigenvalue weighted by Crippen LogP contribution is 2.31. The molecule has 0 spiro atoms. The van der Waals surface area contributed by atoms with Crippen molar-refractivity contribution >= 4 is 21.4 Å². The number of amides is 1. The number of rotatable bonds is 8. The maximum absolute atomic E-state index is 12.7. The average Bonchev–Trinajstić information content (AvgIpc) is 2.70. The van der Waals surface area contributed by atoms with Gasteiger partial charge in [-0.2, -0.15) is 26.3 Å². The molecular formula is C18H17F6N3O5S. The van der Waals surface area contributed by atoms with Crippen LogP contribution >= 0.6 is 0 Å². The lowest BCUT2D eigenvalue weighted by Gasteiger charge is -2.14. The molecule has 1 aromatic carbocycles. The number of halogens is 6. The number of aromatic nitrogens is 1. The van der Waals surface area contributed by atoms with E-state index >= 15 is 0 Å². The second-order valence-electron chi connectivity index (χ2n) is 6.63. The number of hydrogen-bond donors (Lipinski definition) is 3. The molecule has 15 heteroatoms. The Labute approximate surface area is 183 Å². The van der Waals surface area contributed by atoms with Gasteiger partial charge in [0.1, 0.15) is 6.61 Å². The largest absolute Gasteiger partial charge is 0.416 e. The Kier molecular flexibility index (Phi) is 7.92. The first-order chi connectivity index (χ1) is 15.1. The molecule has 33 heavy (non-hydrogen) atoms. The van der Waals surface area contributed by atoms with Crippen molar-refractivity contribution in [3.8, 4) is 0 Å². The number of pyridine rings is 1. The second-order valence-corrected chi connectivity index (χ2v) is 8.58. The lowest BCUT2D eigenvalue weighted by Crippen LogP contribution is -2.36. The summed E-state index contributed by atoms with van der Waals surface area (Å²) in [5.41, 5.74) is 3.78. The van der Waals surface area contributed by atoms with E-state index in [2.05, 4.69) is 15.0 Å². The first kappa shape index (κ1) is 26.3. The number of nitrogen functional groups attached to an aromatic ring is 1. The van der Waals surface area contributed by atoms with Gasteiger partial charge in [-0.1, -0.05) is 0 Å². The van der Waals surface area contributed by atoms with E-state index in [9.17, 15) is 44.7 Å². The second kappa shape index (κ2) is 9.93. The molecule has 0 fully saturated rings. The summed E-state index contributed by atoms with van der Waals surface area (Å²) < 4.78 is 103. The van der Waals surface area contributed by atoms with Crippen LogP contribution < -0.4 is 11.1 Å². The van der Waals surface area contributed by atoms with E-state index in [0.717, 1.165) is 24.4 Å². The third-order valence-corrected chi connectivity index (χ3v) is 5.72. The fourth-order valence-corrected chi connectivity index (χ4v) is 3.66. The molecule has 1 heterocycles. The fraction of sp³-hybridized carbons (Fsp3) is 0.333. The Morgan fingerprint density at radius 1 is 1.12 bits per heavy atom. The molecule has 0 unspecified atom stereocenters. The van der Waals surface area contributed by atoms with Gasteiger partial charge in [0.2, 0.25) is 9.84 Å². The van der Waals surface area contributed by atoms with Gasteiger partial charge in [0.15, 0.2) is 5.69 Å². The molecule has 0 saturated heterocycles. The van der Waals surface area contributed by atoms with E-state index < -0.39 is 80.7 Å². The number of ether oxygens (including phenoxy) is 1. The van der Waals surface area contributed by atoms with Gasteiger partial charge in [-0.15, -0.1) is 0 Å². The first-order valence-electron chi connectivity index (χ1n) is 8.90. The predicted molar refractivity (Wildman–Crippen MR) is 101 cm³/mol. The third-order valence-electron chi connectivity index (χ3n) is 3.98. The molecule has 8 nitrogen and oxygen atoms in total. The number of alkyl halides is 6. The number of nitrogens with two attached hydrogens (primary N) is 1. The number of nitrogens with one attached hydrogen (secondary N) is 1. The van der Waals surface area contributed by atoms with Crippen LogP contribution in [0.4, 0.5) is 32.0 Å². The third kappa shape index (κ3) is 7.30. The summed E-state index contributed by atoms with van der Waals surface area (Å²) in [5.74, 6) is -0.958. The van der Waals surface area contributed by atoms with Crippen LogP contribution in [-0.2, 0) is 20.8 Å². The Balaban J connectivity index is 2.07. The molecule has 4 N–H and O–H groups in total. The average molecular weight is 501 g/mol. The molecule has 1 aromatic heterocycles. The highest BCUT2D eigenvalue weighted by atomic mass is 32.2. The van der Waals surface area contributed by atoms with E-state index in [4.69, 9.17) is 5.73 Å². The zero-order chi connectivity index (χ0) is 25.0. The normalized spacial score (nSPS) is 13.5. The van der Waals surface area contributed by atoms with Crippen molar-refractivity contribution in [1.29, 1.82) is 0 Å². The molecule has 0 aliphatic rings. The SMILES string of the molecule is Nc1cc(S(=O)(=O)c2ccc(C(F)(F)F)cc2)cnc1C(=O)NC[C@@H](O)COCC(F)(F)F. The van der Waals surface area contributed by atoms with Crippen LogP contribution in [0.5, 0.6) is 0 Å². The van der Waals surface area contributed by atoms with E-state index in [0.29, 0.717) is 12.1 Å². The van der Waals surface area contributed by atoms with Crippen LogP contribution in [0.3, 0.4) is 0 Å². The molecule has 0 radical (unpaired) electrons. The molecule has 0 aliphatic carbocycles. The summed E-state index contributed by atoms with van der Waals surface area (Å²) in [7, 11) is -4.30. The van der Waals surface area contributed by atoms with Gasteiger partial charge in [-0.25, -0.2) is 13.4 Å². The Hall–Kier alpha value is -2.91. The number of sulfone groups is 1. The number of hydrogen-bond acceptors (Lipinski definition) is 7. The van der Waals surface area contributed by atoms with Crippen LogP contribution in [0.1, 0.15) is 16.1 Å². The minimum atomic E-state index is -4.65. The molecule has 0 bridgehead atoms. The lowest BCUT2D eigenvalue weighted by molar-refractivity contribution is -0.178. The zero-order valence-corrected chi connectivity index (χ0v) is 17.3. The van der Waals surface area contributed by atoms with Gasteiger partial charge < -0.3 is 20.9 Å². The van der Waals surface area contributed by atoms with Crippen molar-refractivity contribution in [2.45, 2.75) is 28.2 Å². The number of anilines is 1. The topological polar surface area (TPSA) is 132 Å². The van der Waals surface area contributed by atoms with Gasteiger partial charge in [0.25, 0.3) is 5.91 Å². The predicted octanol–water partition coefficient (Wildman–Crippen LogP) is 2.18. The van der Waals surface area contributed by atoms with Crippen molar-refractivity contribution in [1.82, 2.24) is 10.3 Å². The van der Waals surface area contributed by atoms with Gasteiger partial charge in [-0.3, -0.25) is 4.79 Å². The van der Waals surface area contributed by atoms with Crippen molar-refractivity contribution < 1.29 is 49.4 Å². The van der Waals surface area contributed by atoms with Gasteiger partial charge >= 0.3 is 12.4 Å². The molecule has 182 valence electrons. The van der Waals surface area contributed by atoms with E-state index in [1.807, 2.05) is 0 Å². The van der Waals surface area contributed by atoms with E-state index in [-0.39, 0.29) is 0 Å². The van der Waals surface area contributed by atoms with Crippen LogP contribution in [0.25, 0.3) is 0 Å². The van der Waals surface area contributed by atoms with Crippen molar-refractivity contribution in [3.05, 3.63) is 47.8 Å². The molecule has 1 amide bonds. The van der Waals surface area contributed by atoms with Crippen LogP contribution in [0.15, 0.2) is 46.3 Å². The molecule has 0 saturated carbocycles. The molecule has 1 atom stereocenters. The minimum Gasteiger partial charge on any atom is -0.397 e. The lowest BCUT2D eigenvalue weighted by atomic mass is 10.2. The van der Waals surface area contributed by atoms with Crippen molar-refractivity contribution in [3.63, 3.8) is 0 Å². The minimum absolute atomic E-state index is 0.400. The van der Waals surface area contributed by atoms with Gasteiger partial charge in [0, 0.05) is 12.7 Å². The molecule has 2 rings (SSSR count). The maximum Gasteiger partial charge on any atom is 0.416 e. The molecule has 0 aliphatic heterocycles. The number of aliphatic hydroxyl groups is 1. The Bertz CT molecular complexity index is 1090. The monoisotopic (exact) mass is 501 g/mol. The molecule has 2 aromatic rings. The molecular weight excluding hydrogens is 484 g/mol. The summed E-state index contributed by atoms with van der Waals surface area (Å²) in [5, 5.41) is 11.7. The maximum atomic E-state index is 12.7. The summed E-state index contributed by atoms with van der Waals surface area (Å²) >= 11 is 0. The number of aliphatic hydroxyl groups excluding tert-OH is 1. The van der Waals surface area contributed by atoms with E-state index in [1.54, 1.807) is 0 Å². The van der Waals surface area contributed by atoms with Crippen LogP contribution in [-0.4, -0.2) is 56.5 Å². The van der Waals surface area contributed by atoms with Crippen LogP contribution in [0.2, 0.25) is 0 Å². The summed E-state index contributed by atoms with van der Waals surface area (Å²) in [4.78, 5) is 14.8. The van der Waals surface area contributed by atoms with Gasteiger partial charge in [-0.05, 0) is 30.3 Å². The number of benzene rings is 1. The quantitative estimate of drug-likeness (QED) is 0.473. The summed E-state index contributed by atoms with van der Waals surface area (Å²) in [6, 6.07) is 3.58. The highest BCUT2D eigenvalue weighted by Gasteiger charge is 2.31. The number of nitrogens with zero attached hydrogens (tertiary/aromatic N) is 1. The Morgan fingerprint density at radius 3 is 2.24 bits per heavy atom. The summed E-state index contributed by atoms with van der Waals surface area (Å²) in [6.07, 6.45) is -9.94. The van der Waals surface area contributed by atoms with Crippen molar-refractivity contribution in [2.75, 3.05) is 25.5 Å². The highest BCUT2D eigenvalue weighted by molar-refractivity contribution is 7.91. The zero-order valence-electron chi connectivity index (χ0n) is 16.4. The number of carbonyl (C=O) groups is 1. The first-order valence-corrected chi connectivity index (χ1v) is 10.4. The number of carbonyl (C=O) groups excluding carboxylic acids is 1. The summed E-state index contributed by atoms with van der Waals surface area (Å²) in [6.45, 7) is -2.81. The smallest absolute Gasteiger partial charge is 0.397 e. The van der Waals surface area contributed by atoms with Crippen molar-refractivity contribution in [2.24, 2.45) is 0 Å². The Morgan fingerprint density at radius 2 is 1.73 bits per heavy atom. The van der Waals surface area contributed by atoms with Crippen LogP contribution in [0, 0.1) is 0 Å².